The van der Waals surface area contributed by atoms with Gasteiger partial charge < -0.3 is 20.5 Å². The van der Waals surface area contributed by atoms with E-state index in [1.807, 2.05) is 0 Å². The van der Waals surface area contributed by atoms with Gasteiger partial charge in [0.25, 0.3) is 5.91 Å². The summed E-state index contributed by atoms with van der Waals surface area (Å²) in [6, 6.07) is 7.03. The van der Waals surface area contributed by atoms with E-state index in [4.69, 9.17) is 5.73 Å². The molecule has 0 spiro atoms. The minimum Gasteiger partial charge on any atom is -0.364 e. The van der Waals surface area contributed by atoms with E-state index in [1.165, 1.54) is 39.8 Å². The van der Waals surface area contributed by atoms with Crippen molar-refractivity contribution in [3.63, 3.8) is 0 Å². The molecule has 8 heteroatoms. The summed E-state index contributed by atoms with van der Waals surface area (Å²) in [6.07, 6.45) is 1.64. The zero-order chi connectivity index (χ0) is 18.1. The summed E-state index contributed by atoms with van der Waals surface area (Å²) in [7, 11) is 1.64. The van der Waals surface area contributed by atoms with E-state index in [0.717, 1.165) is 0 Å². The number of nitrogens with zero attached hydrogens (tertiary/aromatic N) is 2. The van der Waals surface area contributed by atoms with Crippen LogP contribution < -0.4 is 16.0 Å². The summed E-state index contributed by atoms with van der Waals surface area (Å²) in [5.41, 5.74) is 6.50. The van der Waals surface area contributed by atoms with Gasteiger partial charge in [0.15, 0.2) is 0 Å². The van der Waals surface area contributed by atoms with Crippen molar-refractivity contribution in [3.05, 3.63) is 48.0 Å². The average molecular weight is 344 g/mol. The minimum absolute atomic E-state index is 0.0682. The molecular weight excluding hydrogens is 327 g/mol. The number of aromatic nitrogens is 1. The van der Waals surface area contributed by atoms with Crippen LogP contribution in [0.1, 0.15) is 16.9 Å². The Labute approximate surface area is 143 Å². The lowest BCUT2D eigenvalue weighted by atomic mass is 10.1. The molecule has 1 fully saturated rings. The van der Waals surface area contributed by atoms with Crippen LogP contribution in [-0.4, -0.2) is 28.8 Å². The number of amides is 3. The predicted molar refractivity (Wildman–Crippen MR) is 89.4 cm³/mol. The Balaban J connectivity index is 1.69. The van der Waals surface area contributed by atoms with Gasteiger partial charge in [-0.2, -0.15) is 0 Å². The normalized spacial score (nSPS) is 17.0. The smallest absolute Gasteiger partial charge is 0.265 e. The number of carbonyl (C=O) groups is 3. The zero-order valence-corrected chi connectivity index (χ0v) is 13.5. The first kappa shape index (κ1) is 16.7. The van der Waals surface area contributed by atoms with Gasteiger partial charge in [0.2, 0.25) is 11.8 Å². The molecule has 1 saturated heterocycles. The molecule has 2 aromatic rings. The topological polar surface area (TPSA) is 97.4 Å². The summed E-state index contributed by atoms with van der Waals surface area (Å²) in [4.78, 5) is 37.3. The molecule has 0 saturated carbocycles. The van der Waals surface area contributed by atoms with E-state index in [9.17, 15) is 18.8 Å². The second-order valence-electron chi connectivity index (χ2n) is 5.96. The second kappa shape index (κ2) is 6.39. The van der Waals surface area contributed by atoms with E-state index in [-0.39, 0.29) is 36.3 Å². The fraction of sp³-hybridized carbons (Fsp3) is 0.235. The van der Waals surface area contributed by atoms with Crippen molar-refractivity contribution in [2.75, 3.05) is 16.8 Å². The standard InChI is InChI=1S/C17H17FN4O3/c1-21-9-12(7-14(21)16(19)24)20-17(25)10-6-15(23)22(8-10)13-4-2-11(18)3-5-13/h2-5,7,9-10H,6,8H2,1H3,(H2,19,24)(H,20,25)/t10-/m0/s1. The van der Waals surface area contributed by atoms with Crippen molar-refractivity contribution in [1.82, 2.24) is 4.57 Å². The van der Waals surface area contributed by atoms with E-state index >= 15 is 0 Å². The molecule has 3 N–H and O–H groups in total. The van der Waals surface area contributed by atoms with Crippen LogP contribution in [0.15, 0.2) is 36.5 Å². The van der Waals surface area contributed by atoms with Crippen molar-refractivity contribution < 1.29 is 18.8 Å². The summed E-state index contributed by atoms with van der Waals surface area (Å²) in [5, 5.41) is 2.70. The molecule has 0 radical (unpaired) electrons. The number of aryl methyl sites for hydroxylation is 1. The van der Waals surface area contributed by atoms with Crippen LogP contribution in [0.25, 0.3) is 0 Å². The third kappa shape index (κ3) is 3.37. The van der Waals surface area contributed by atoms with Crippen LogP contribution in [0.3, 0.4) is 0 Å². The molecule has 25 heavy (non-hydrogen) atoms. The molecule has 7 nitrogen and oxygen atoms in total. The van der Waals surface area contributed by atoms with Gasteiger partial charge in [-0.3, -0.25) is 14.4 Å². The zero-order valence-electron chi connectivity index (χ0n) is 13.5. The Morgan fingerprint density at radius 2 is 1.96 bits per heavy atom. The highest BCUT2D eigenvalue weighted by atomic mass is 19.1. The van der Waals surface area contributed by atoms with Crippen molar-refractivity contribution in [2.24, 2.45) is 18.7 Å². The first-order chi connectivity index (χ1) is 11.8. The Morgan fingerprint density at radius 3 is 2.56 bits per heavy atom. The van der Waals surface area contributed by atoms with Gasteiger partial charge in [0, 0.05) is 31.9 Å². The summed E-state index contributed by atoms with van der Waals surface area (Å²) >= 11 is 0. The third-order valence-electron chi connectivity index (χ3n) is 4.16. The number of primary amides is 1. The lowest BCUT2D eigenvalue weighted by molar-refractivity contribution is -0.122. The van der Waals surface area contributed by atoms with Crippen LogP contribution in [-0.2, 0) is 16.6 Å². The van der Waals surface area contributed by atoms with E-state index in [2.05, 4.69) is 5.32 Å². The number of halogens is 1. The molecule has 0 aliphatic carbocycles. The molecule has 1 aromatic carbocycles. The number of hydrogen-bond acceptors (Lipinski definition) is 3. The molecule has 0 unspecified atom stereocenters. The van der Waals surface area contributed by atoms with Gasteiger partial charge in [-0.1, -0.05) is 0 Å². The van der Waals surface area contributed by atoms with E-state index in [0.29, 0.717) is 11.4 Å². The van der Waals surface area contributed by atoms with Crippen LogP contribution in [0, 0.1) is 11.7 Å². The summed E-state index contributed by atoms with van der Waals surface area (Å²) in [5.74, 6) is -2.03. The highest BCUT2D eigenvalue weighted by Gasteiger charge is 2.35. The van der Waals surface area contributed by atoms with Gasteiger partial charge in [0.05, 0.1) is 11.6 Å². The summed E-state index contributed by atoms with van der Waals surface area (Å²) < 4.78 is 14.5. The monoisotopic (exact) mass is 344 g/mol. The predicted octanol–water partition coefficient (Wildman–Crippen LogP) is 1.25. The maximum atomic E-state index is 13.0. The quantitative estimate of drug-likeness (QED) is 0.873. The van der Waals surface area contributed by atoms with Gasteiger partial charge in [-0.25, -0.2) is 4.39 Å². The van der Waals surface area contributed by atoms with Crippen molar-refractivity contribution in [1.29, 1.82) is 0 Å². The third-order valence-corrected chi connectivity index (χ3v) is 4.16. The number of rotatable bonds is 4. The van der Waals surface area contributed by atoms with Gasteiger partial charge in [0.1, 0.15) is 11.5 Å². The second-order valence-corrected chi connectivity index (χ2v) is 5.96. The summed E-state index contributed by atoms with van der Waals surface area (Å²) in [6.45, 7) is 0.214. The number of anilines is 2. The van der Waals surface area contributed by atoms with Gasteiger partial charge >= 0.3 is 0 Å². The molecule has 1 aliphatic heterocycles. The number of benzene rings is 1. The number of nitrogens with one attached hydrogen (secondary N) is 1. The maximum absolute atomic E-state index is 13.0. The Bertz CT molecular complexity index is 844. The highest BCUT2D eigenvalue weighted by Crippen LogP contribution is 2.26. The maximum Gasteiger partial charge on any atom is 0.265 e. The Hall–Kier alpha value is -3.16. The number of nitrogens with two attached hydrogens (primary N) is 1. The Morgan fingerprint density at radius 1 is 1.28 bits per heavy atom. The van der Waals surface area contributed by atoms with Crippen molar-refractivity contribution in [3.8, 4) is 0 Å². The largest absolute Gasteiger partial charge is 0.364 e. The molecule has 2 heterocycles. The van der Waals surface area contributed by atoms with Gasteiger partial charge in [-0.05, 0) is 30.3 Å². The molecule has 3 rings (SSSR count). The van der Waals surface area contributed by atoms with Crippen molar-refractivity contribution in [2.45, 2.75) is 6.42 Å². The van der Waals surface area contributed by atoms with Crippen LogP contribution in [0.2, 0.25) is 0 Å². The molecule has 3 amide bonds. The minimum atomic E-state index is -0.596. The van der Waals surface area contributed by atoms with Crippen molar-refractivity contribution >= 4 is 29.1 Å². The lowest BCUT2D eigenvalue weighted by Gasteiger charge is -2.16. The van der Waals surface area contributed by atoms with Gasteiger partial charge in [-0.15, -0.1) is 0 Å². The molecule has 130 valence electrons. The van der Waals surface area contributed by atoms with Crippen LogP contribution in [0.4, 0.5) is 15.8 Å². The molecular formula is C17H17FN4O3. The fourth-order valence-electron chi connectivity index (χ4n) is 2.88. The highest BCUT2D eigenvalue weighted by molar-refractivity contribution is 6.04. The molecule has 1 aromatic heterocycles. The SMILES string of the molecule is Cn1cc(NC(=O)[C@H]2CC(=O)N(c3ccc(F)cc3)C2)cc1C(N)=O. The molecule has 1 atom stereocenters. The number of carbonyl (C=O) groups excluding carboxylic acids is 3. The first-order valence-corrected chi connectivity index (χ1v) is 7.68. The lowest BCUT2D eigenvalue weighted by Crippen LogP contribution is -2.28. The van der Waals surface area contributed by atoms with Crippen LogP contribution in [0.5, 0.6) is 0 Å². The molecule has 1 aliphatic rings. The van der Waals surface area contributed by atoms with E-state index < -0.39 is 11.8 Å². The Kier molecular flexibility index (Phi) is 4.26. The molecule has 0 bridgehead atoms. The van der Waals surface area contributed by atoms with E-state index in [1.54, 1.807) is 13.2 Å². The van der Waals surface area contributed by atoms with Crippen LogP contribution >= 0.6 is 0 Å². The fourth-order valence-corrected chi connectivity index (χ4v) is 2.88. The number of hydrogen-bond donors (Lipinski definition) is 2. The average Bonchev–Trinajstić information content (AvgIpc) is 3.11. The first-order valence-electron chi connectivity index (χ1n) is 7.68.